The van der Waals surface area contributed by atoms with E-state index in [0.29, 0.717) is 43.1 Å². The van der Waals surface area contributed by atoms with Crippen molar-refractivity contribution in [2.24, 2.45) is 0 Å². The van der Waals surface area contributed by atoms with Crippen LogP contribution in [0.1, 0.15) is 49.4 Å². The molecule has 1 atom stereocenters. The number of carbonyl (C=O) groups excluding carboxylic acids is 3. The molecule has 1 aromatic carbocycles. The summed E-state index contributed by atoms with van der Waals surface area (Å²) in [7, 11) is 0. The maximum Gasteiger partial charge on any atom is 0.328 e. The molecule has 7 heteroatoms. The van der Waals surface area contributed by atoms with Crippen molar-refractivity contribution >= 4 is 29.4 Å². The second-order valence-electron chi connectivity index (χ2n) is 6.22. The zero-order valence-corrected chi connectivity index (χ0v) is 15.8. The van der Waals surface area contributed by atoms with Crippen LogP contribution in [0.15, 0.2) is 24.3 Å². The highest BCUT2D eigenvalue weighted by Crippen LogP contribution is 2.19. The normalized spacial score (nSPS) is 16.8. The lowest BCUT2D eigenvalue weighted by atomic mass is 10.0. The molecule has 1 unspecified atom stereocenters. The first-order chi connectivity index (χ1) is 12.5. The number of esters is 1. The zero-order valence-electron chi connectivity index (χ0n) is 15.0. The van der Waals surface area contributed by atoms with Crippen LogP contribution in [0, 0.1) is 0 Å². The van der Waals surface area contributed by atoms with Gasteiger partial charge in [-0.2, -0.15) is 0 Å². The average Bonchev–Trinajstić information content (AvgIpc) is 2.65. The molecule has 0 saturated carbocycles. The number of nitrogens with one attached hydrogen (secondary N) is 1. The molecular formula is C19H25ClN2O4. The number of carbonyl (C=O) groups is 3. The summed E-state index contributed by atoms with van der Waals surface area (Å²) in [4.78, 5) is 38.1. The van der Waals surface area contributed by atoms with E-state index in [4.69, 9.17) is 16.3 Å². The predicted molar refractivity (Wildman–Crippen MR) is 99.0 cm³/mol. The van der Waals surface area contributed by atoms with E-state index in [1.165, 1.54) is 0 Å². The van der Waals surface area contributed by atoms with E-state index in [1.54, 1.807) is 36.1 Å². The highest BCUT2D eigenvalue weighted by molar-refractivity contribution is 6.30. The third-order valence-corrected chi connectivity index (χ3v) is 4.59. The van der Waals surface area contributed by atoms with Gasteiger partial charge in [-0.25, -0.2) is 4.79 Å². The van der Waals surface area contributed by atoms with E-state index >= 15 is 0 Å². The van der Waals surface area contributed by atoms with Gasteiger partial charge in [0.25, 0.3) is 5.91 Å². The Morgan fingerprint density at radius 2 is 1.96 bits per heavy atom. The summed E-state index contributed by atoms with van der Waals surface area (Å²) < 4.78 is 5.08. The number of hydrogen-bond acceptors (Lipinski definition) is 4. The van der Waals surface area contributed by atoms with Gasteiger partial charge in [0, 0.05) is 30.1 Å². The van der Waals surface area contributed by atoms with Crippen molar-refractivity contribution < 1.29 is 19.1 Å². The number of amides is 2. The minimum Gasteiger partial charge on any atom is -0.464 e. The molecule has 1 aliphatic heterocycles. The van der Waals surface area contributed by atoms with Crippen LogP contribution >= 0.6 is 11.6 Å². The third-order valence-electron chi connectivity index (χ3n) is 4.34. The molecule has 2 rings (SSSR count). The third kappa shape index (κ3) is 5.73. The Balaban J connectivity index is 1.77. The molecule has 0 radical (unpaired) electrons. The lowest BCUT2D eigenvalue weighted by Crippen LogP contribution is -2.48. The Hall–Kier alpha value is -2.08. The second-order valence-corrected chi connectivity index (χ2v) is 6.65. The molecule has 6 nitrogen and oxygen atoms in total. The summed E-state index contributed by atoms with van der Waals surface area (Å²) >= 11 is 5.80. The van der Waals surface area contributed by atoms with Crippen LogP contribution < -0.4 is 5.32 Å². The van der Waals surface area contributed by atoms with E-state index in [0.717, 1.165) is 12.8 Å². The van der Waals surface area contributed by atoms with Crippen LogP contribution in [0.3, 0.4) is 0 Å². The molecule has 0 spiro atoms. The van der Waals surface area contributed by atoms with E-state index in [1.807, 2.05) is 0 Å². The molecule has 142 valence electrons. The van der Waals surface area contributed by atoms with Crippen LogP contribution in [0.4, 0.5) is 0 Å². The lowest BCUT2D eigenvalue weighted by Gasteiger charge is -2.34. The fraction of sp³-hybridized carbons (Fsp3) is 0.526. The largest absolute Gasteiger partial charge is 0.464 e. The van der Waals surface area contributed by atoms with Gasteiger partial charge in [-0.15, -0.1) is 0 Å². The van der Waals surface area contributed by atoms with Gasteiger partial charge in [0.1, 0.15) is 6.04 Å². The summed E-state index contributed by atoms with van der Waals surface area (Å²) in [6.07, 6.45) is 3.28. The smallest absolute Gasteiger partial charge is 0.328 e. The molecule has 0 aliphatic carbocycles. The van der Waals surface area contributed by atoms with E-state index in [-0.39, 0.29) is 24.2 Å². The fourth-order valence-electron chi connectivity index (χ4n) is 3.00. The second kappa shape index (κ2) is 10.2. The van der Waals surface area contributed by atoms with Crippen LogP contribution in [0.25, 0.3) is 0 Å². The van der Waals surface area contributed by atoms with Crippen molar-refractivity contribution in [1.82, 2.24) is 10.2 Å². The molecule has 1 N–H and O–H groups in total. The summed E-state index contributed by atoms with van der Waals surface area (Å²) in [5.41, 5.74) is 0.527. The molecule has 2 amide bonds. The molecule has 1 fully saturated rings. The minimum absolute atomic E-state index is 0.0662. The maximum absolute atomic E-state index is 12.5. The monoisotopic (exact) mass is 380 g/mol. The van der Waals surface area contributed by atoms with Crippen molar-refractivity contribution in [2.75, 3.05) is 19.7 Å². The number of ether oxygens (including phenoxy) is 1. The quantitative estimate of drug-likeness (QED) is 0.583. The van der Waals surface area contributed by atoms with Crippen LogP contribution in [-0.4, -0.2) is 48.4 Å². The number of likely N-dealkylation sites (tertiary alicyclic amines) is 1. The summed E-state index contributed by atoms with van der Waals surface area (Å²) in [5.74, 6) is -0.587. The Labute approximate surface area is 158 Å². The van der Waals surface area contributed by atoms with E-state index < -0.39 is 6.04 Å². The van der Waals surface area contributed by atoms with Crippen molar-refractivity contribution in [3.63, 3.8) is 0 Å². The first-order valence-corrected chi connectivity index (χ1v) is 9.40. The number of nitrogens with zero attached hydrogens (tertiary/aromatic N) is 1. The van der Waals surface area contributed by atoms with Gasteiger partial charge in [-0.1, -0.05) is 11.6 Å². The van der Waals surface area contributed by atoms with Crippen molar-refractivity contribution in [1.29, 1.82) is 0 Å². The number of halogens is 1. The zero-order chi connectivity index (χ0) is 18.9. The van der Waals surface area contributed by atoms with E-state index in [2.05, 4.69) is 5.32 Å². The maximum atomic E-state index is 12.5. The number of piperidine rings is 1. The Kier molecular flexibility index (Phi) is 7.91. The molecular weight excluding hydrogens is 356 g/mol. The Morgan fingerprint density at radius 1 is 1.23 bits per heavy atom. The Morgan fingerprint density at radius 3 is 2.65 bits per heavy atom. The molecule has 1 heterocycles. The van der Waals surface area contributed by atoms with Crippen molar-refractivity contribution in [3.8, 4) is 0 Å². The average molecular weight is 381 g/mol. The van der Waals surface area contributed by atoms with Gasteiger partial charge in [0.2, 0.25) is 5.91 Å². The number of benzene rings is 1. The molecule has 26 heavy (non-hydrogen) atoms. The first kappa shape index (κ1) is 20.2. The number of hydrogen-bond donors (Lipinski definition) is 1. The van der Waals surface area contributed by atoms with Crippen LogP contribution in [0.2, 0.25) is 5.02 Å². The van der Waals surface area contributed by atoms with Gasteiger partial charge in [0.05, 0.1) is 6.61 Å². The van der Waals surface area contributed by atoms with Gasteiger partial charge < -0.3 is 15.0 Å². The van der Waals surface area contributed by atoms with Crippen molar-refractivity contribution in [3.05, 3.63) is 34.9 Å². The molecule has 0 bridgehead atoms. The predicted octanol–water partition coefficient (Wildman–Crippen LogP) is 2.79. The van der Waals surface area contributed by atoms with Crippen LogP contribution in [0.5, 0.6) is 0 Å². The topological polar surface area (TPSA) is 75.7 Å². The minimum atomic E-state index is -0.472. The summed E-state index contributed by atoms with van der Waals surface area (Å²) in [6, 6.07) is 6.15. The molecule has 1 saturated heterocycles. The Bertz CT molecular complexity index is 633. The molecule has 0 aromatic heterocycles. The van der Waals surface area contributed by atoms with Gasteiger partial charge in [-0.05, 0) is 56.9 Å². The summed E-state index contributed by atoms with van der Waals surface area (Å²) in [6.45, 7) is 3.05. The summed E-state index contributed by atoms with van der Waals surface area (Å²) in [5, 5.41) is 3.36. The SMILES string of the molecule is CCOC(=O)C1CCCCN1C(=O)CCCNC(=O)c1ccc(Cl)cc1. The van der Waals surface area contributed by atoms with Gasteiger partial charge in [-0.3, -0.25) is 9.59 Å². The van der Waals surface area contributed by atoms with Crippen LogP contribution in [-0.2, 0) is 14.3 Å². The van der Waals surface area contributed by atoms with E-state index in [9.17, 15) is 14.4 Å². The fourth-order valence-corrected chi connectivity index (χ4v) is 3.13. The first-order valence-electron chi connectivity index (χ1n) is 9.02. The molecule has 1 aliphatic rings. The highest BCUT2D eigenvalue weighted by Gasteiger charge is 2.32. The van der Waals surface area contributed by atoms with Crippen molar-refractivity contribution in [2.45, 2.75) is 45.1 Å². The highest BCUT2D eigenvalue weighted by atomic mass is 35.5. The lowest BCUT2D eigenvalue weighted by molar-refractivity contribution is -0.156. The number of rotatable bonds is 7. The molecule has 1 aromatic rings. The standard InChI is InChI=1S/C19H25ClN2O4/c1-2-26-19(25)16-6-3-4-13-22(16)17(23)7-5-12-21-18(24)14-8-10-15(20)11-9-14/h8-11,16H,2-7,12-13H2,1H3,(H,21,24). The van der Waals surface area contributed by atoms with Gasteiger partial charge in [0.15, 0.2) is 0 Å². The van der Waals surface area contributed by atoms with Gasteiger partial charge >= 0.3 is 5.97 Å².